The molecular formula is C9H10F3N3O3. The Balaban J connectivity index is 0.000000203. The number of carboxylic acids is 1. The van der Waals surface area contributed by atoms with Crippen LogP contribution in [0.2, 0.25) is 0 Å². The highest BCUT2D eigenvalue weighted by Crippen LogP contribution is 2.13. The Labute approximate surface area is 99.2 Å². The summed E-state index contributed by atoms with van der Waals surface area (Å²) < 4.78 is 31.7. The number of nitrogens with one attached hydrogen (secondary N) is 2. The molecule has 3 N–H and O–H groups in total. The van der Waals surface area contributed by atoms with E-state index in [9.17, 15) is 18.0 Å². The van der Waals surface area contributed by atoms with Gasteiger partial charge in [-0.1, -0.05) is 0 Å². The summed E-state index contributed by atoms with van der Waals surface area (Å²) >= 11 is 0. The van der Waals surface area contributed by atoms with Crippen LogP contribution in [0, 0.1) is 0 Å². The van der Waals surface area contributed by atoms with Gasteiger partial charge in [0, 0.05) is 12.1 Å². The number of aliphatic carboxylic acids is 1. The Bertz CT molecular complexity index is 442. The van der Waals surface area contributed by atoms with Crippen LogP contribution in [0.25, 0.3) is 0 Å². The highest BCUT2D eigenvalue weighted by atomic mass is 19.4. The number of alkyl halides is 3. The lowest BCUT2D eigenvalue weighted by atomic mass is 10.1. The Hall–Kier alpha value is -2.06. The molecule has 0 unspecified atom stereocenters. The van der Waals surface area contributed by atoms with Crippen LogP contribution in [0.3, 0.4) is 0 Å². The van der Waals surface area contributed by atoms with Crippen molar-refractivity contribution >= 4 is 11.9 Å². The van der Waals surface area contributed by atoms with Gasteiger partial charge in [-0.2, -0.15) is 18.3 Å². The molecule has 0 radical (unpaired) electrons. The summed E-state index contributed by atoms with van der Waals surface area (Å²) in [5.41, 5.74) is 1.66. The number of aromatic amines is 1. The highest BCUT2D eigenvalue weighted by molar-refractivity contribution is 5.93. The number of aryl methyl sites for hydroxylation is 1. The zero-order chi connectivity index (χ0) is 13.8. The van der Waals surface area contributed by atoms with E-state index in [0.29, 0.717) is 5.69 Å². The molecule has 0 aromatic carbocycles. The van der Waals surface area contributed by atoms with E-state index >= 15 is 0 Å². The van der Waals surface area contributed by atoms with Gasteiger partial charge in [0.2, 0.25) is 0 Å². The second-order valence-electron chi connectivity index (χ2n) is 3.43. The van der Waals surface area contributed by atoms with E-state index in [2.05, 4.69) is 15.5 Å². The van der Waals surface area contributed by atoms with E-state index in [1.54, 1.807) is 6.20 Å². The van der Waals surface area contributed by atoms with Gasteiger partial charge >= 0.3 is 12.1 Å². The van der Waals surface area contributed by atoms with Crippen molar-refractivity contribution in [2.45, 2.75) is 19.0 Å². The van der Waals surface area contributed by atoms with Gasteiger partial charge in [-0.05, 0) is 12.8 Å². The summed E-state index contributed by atoms with van der Waals surface area (Å²) in [7, 11) is 0. The average molecular weight is 265 g/mol. The van der Waals surface area contributed by atoms with Crippen molar-refractivity contribution in [3.8, 4) is 0 Å². The fourth-order valence-corrected chi connectivity index (χ4v) is 1.27. The summed E-state index contributed by atoms with van der Waals surface area (Å²) in [5, 5.41) is 16.4. The van der Waals surface area contributed by atoms with E-state index in [4.69, 9.17) is 9.90 Å². The molecule has 0 saturated carbocycles. The summed E-state index contributed by atoms with van der Waals surface area (Å²) in [6, 6.07) is 0. The zero-order valence-electron chi connectivity index (χ0n) is 9.04. The molecule has 2 heterocycles. The van der Waals surface area contributed by atoms with Crippen molar-refractivity contribution in [1.82, 2.24) is 15.5 Å². The molecule has 0 atom stereocenters. The molecule has 0 aliphatic carbocycles. The lowest BCUT2D eigenvalue weighted by Crippen LogP contribution is -2.23. The van der Waals surface area contributed by atoms with Gasteiger partial charge in [0.15, 0.2) is 0 Å². The van der Waals surface area contributed by atoms with Crippen molar-refractivity contribution in [3.05, 3.63) is 17.5 Å². The van der Waals surface area contributed by atoms with Crippen LogP contribution < -0.4 is 5.32 Å². The topological polar surface area (TPSA) is 95.1 Å². The largest absolute Gasteiger partial charge is 0.490 e. The normalized spacial score (nSPS) is 14.7. The summed E-state index contributed by atoms with van der Waals surface area (Å²) in [6.07, 6.45) is -1.43. The van der Waals surface area contributed by atoms with Gasteiger partial charge in [0.05, 0.1) is 6.20 Å². The van der Waals surface area contributed by atoms with E-state index in [0.717, 1.165) is 24.9 Å². The van der Waals surface area contributed by atoms with Gasteiger partial charge in [0.25, 0.3) is 5.91 Å². The van der Waals surface area contributed by atoms with E-state index in [-0.39, 0.29) is 5.91 Å². The van der Waals surface area contributed by atoms with Crippen LogP contribution in [0.4, 0.5) is 13.2 Å². The first kappa shape index (κ1) is 14.0. The van der Waals surface area contributed by atoms with Crippen molar-refractivity contribution in [2.24, 2.45) is 0 Å². The SMILES string of the molecule is O=C(O)C(F)(F)F.O=C1NCCCc2cn[nH]c21. The number of amides is 1. The number of H-pyrrole nitrogens is 1. The first-order valence-corrected chi connectivity index (χ1v) is 4.93. The minimum absolute atomic E-state index is 0.0324. The second kappa shape index (κ2) is 5.52. The van der Waals surface area contributed by atoms with Crippen LogP contribution in [0.5, 0.6) is 0 Å². The Kier molecular flexibility index (Phi) is 4.29. The second-order valence-corrected chi connectivity index (χ2v) is 3.43. The number of hydrogen-bond acceptors (Lipinski definition) is 3. The van der Waals surface area contributed by atoms with Crippen LogP contribution in [-0.2, 0) is 11.2 Å². The lowest BCUT2D eigenvalue weighted by molar-refractivity contribution is -0.192. The molecule has 9 heteroatoms. The fraction of sp³-hybridized carbons (Fsp3) is 0.444. The summed E-state index contributed by atoms with van der Waals surface area (Å²) in [6.45, 7) is 0.765. The molecule has 1 amide bonds. The molecule has 2 rings (SSSR count). The van der Waals surface area contributed by atoms with Crippen molar-refractivity contribution < 1.29 is 27.9 Å². The number of fused-ring (bicyclic) bond motifs is 1. The Morgan fingerprint density at radius 2 is 2.06 bits per heavy atom. The third kappa shape index (κ3) is 3.75. The molecule has 1 aromatic heterocycles. The molecule has 1 aromatic rings. The zero-order valence-corrected chi connectivity index (χ0v) is 9.04. The quantitative estimate of drug-likeness (QED) is 0.644. The average Bonchev–Trinajstić information content (AvgIpc) is 2.65. The fourth-order valence-electron chi connectivity index (χ4n) is 1.27. The van der Waals surface area contributed by atoms with Gasteiger partial charge in [0.1, 0.15) is 5.69 Å². The number of carbonyl (C=O) groups is 2. The number of halogens is 3. The molecule has 0 fully saturated rings. The molecule has 1 aliphatic rings. The minimum Gasteiger partial charge on any atom is -0.475 e. The maximum atomic E-state index is 11.2. The molecule has 100 valence electrons. The van der Waals surface area contributed by atoms with Crippen molar-refractivity contribution in [2.75, 3.05) is 6.54 Å². The van der Waals surface area contributed by atoms with Crippen LogP contribution in [-0.4, -0.2) is 39.9 Å². The summed E-state index contributed by atoms with van der Waals surface area (Å²) in [4.78, 5) is 20.1. The van der Waals surface area contributed by atoms with Gasteiger partial charge in [-0.25, -0.2) is 4.79 Å². The van der Waals surface area contributed by atoms with Crippen molar-refractivity contribution in [1.29, 1.82) is 0 Å². The number of hydrogen-bond donors (Lipinski definition) is 3. The molecule has 18 heavy (non-hydrogen) atoms. The van der Waals surface area contributed by atoms with Crippen LogP contribution in [0.15, 0.2) is 6.20 Å². The molecule has 0 saturated heterocycles. The molecular weight excluding hydrogens is 255 g/mol. The number of rotatable bonds is 0. The Morgan fingerprint density at radius 1 is 1.44 bits per heavy atom. The predicted octanol–water partition coefficient (Wildman–Crippen LogP) is 0.719. The first-order valence-electron chi connectivity index (χ1n) is 4.93. The number of aromatic nitrogens is 2. The van der Waals surface area contributed by atoms with Gasteiger partial charge in [-0.15, -0.1) is 0 Å². The number of nitrogens with zero attached hydrogens (tertiary/aromatic N) is 1. The van der Waals surface area contributed by atoms with E-state index in [1.807, 2.05) is 0 Å². The number of carbonyl (C=O) groups excluding carboxylic acids is 1. The van der Waals surface area contributed by atoms with E-state index in [1.165, 1.54) is 0 Å². The predicted molar refractivity (Wildman–Crippen MR) is 52.9 cm³/mol. The summed E-state index contributed by atoms with van der Waals surface area (Å²) in [5.74, 6) is -2.79. The standard InChI is InChI=1S/C7H9N3O.C2HF3O2/c11-7-6-5(4-9-10-6)2-1-3-8-7;3-2(4,5)1(6)7/h4H,1-3H2,(H,8,11)(H,9,10);(H,6,7). The van der Waals surface area contributed by atoms with Crippen molar-refractivity contribution in [3.63, 3.8) is 0 Å². The number of carboxylic acid groups (broad SMARTS) is 1. The molecule has 0 bridgehead atoms. The monoisotopic (exact) mass is 265 g/mol. The van der Waals surface area contributed by atoms with Gasteiger partial charge in [-0.3, -0.25) is 9.89 Å². The maximum Gasteiger partial charge on any atom is 0.490 e. The third-order valence-electron chi connectivity index (χ3n) is 2.10. The van der Waals surface area contributed by atoms with Crippen LogP contribution >= 0.6 is 0 Å². The molecule has 1 aliphatic heterocycles. The third-order valence-corrected chi connectivity index (χ3v) is 2.10. The molecule has 0 spiro atoms. The van der Waals surface area contributed by atoms with Crippen LogP contribution in [0.1, 0.15) is 22.5 Å². The minimum atomic E-state index is -5.08. The lowest BCUT2D eigenvalue weighted by Gasteiger charge is -1.95. The smallest absolute Gasteiger partial charge is 0.475 e. The first-order chi connectivity index (χ1) is 8.32. The Morgan fingerprint density at radius 3 is 2.61 bits per heavy atom. The van der Waals surface area contributed by atoms with Gasteiger partial charge < -0.3 is 10.4 Å². The molecule has 6 nitrogen and oxygen atoms in total. The van der Waals surface area contributed by atoms with E-state index < -0.39 is 12.1 Å². The maximum absolute atomic E-state index is 11.2. The highest BCUT2D eigenvalue weighted by Gasteiger charge is 2.38.